The average molecular weight is 363 g/mol. The van der Waals surface area contributed by atoms with Gasteiger partial charge in [-0.1, -0.05) is 97.2 Å². The third-order valence-electron chi connectivity index (χ3n) is 6.68. The van der Waals surface area contributed by atoms with Crippen LogP contribution in [-0.2, 0) is 0 Å². The summed E-state index contributed by atoms with van der Waals surface area (Å²) >= 11 is 0. The first-order valence-electron chi connectivity index (χ1n) is 11.1. The van der Waals surface area contributed by atoms with Crippen molar-refractivity contribution in [3.63, 3.8) is 0 Å². The van der Waals surface area contributed by atoms with E-state index in [1.807, 2.05) is 0 Å². The van der Waals surface area contributed by atoms with Gasteiger partial charge in [0.05, 0.1) is 6.15 Å². The summed E-state index contributed by atoms with van der Waals surface area (Å²) in [5.74, 6) is 0. The van der Waals surface area contributed by atoms with Gasteiger partial charge in [-0.25, -0.2) is 0 Å². The third kappa shape index (κ3) is 4.50. The van der Waals surface area contributed by atoms with Crippen LogP contribution in [0.4, 0.5) is 0 Å². The SMILES string of the molecule is CCCC[B-](CCCC)(c1c(C)cc(C)cc1C)c1c(C)cc(C)cc1C. The summed E-state index contributed by atoms with van der Waals surface area (Å²) in [6.07, 6.45) is 7.03. The first kappa shape index (κ1) is 21.8. The van der Waals surface area contributed by atoms with E-state index in [9.17, 15) is 0 Å². The number of rotatable bonds is 8. The van der Waals surface area contributed by atoms with Crippen LogP contribution in [0.2, 0.25) is 12.6 Å². The Kier molecular flexibility index (Phi) is 7.37. The Balaban J connectivity index is 2.87. The maximum absolute atomic E-state index is 2.41. The summed E-state index contributed by atoms with van der Waals surface area (Å²) in [6, 6.07) is 9.65. The lowest BCUT2D eigenvalue weighted by Crippen LogP contribution is -2.61. The Morgan fingerprint density at radius 1 is 0.556 bits per heavy atom. The molecule has 0 amide bonds. The van der Waals surface area contributed by atoms with Gasteiger partial charge in [0, 0.05) is 0 Å². The van der Waals surface area contributed by atoms with Gasteiger partial charge in [0.2, 0.25) is 0 Å². The van der Waals surface area contributed by atoms with Gasteiger partial charge in [-0.3, -0.25) is 0 Å². The molecule has 27 heavy (non-hydrogen) atoms. The minimum absolute atomic E-state index is 0.742. The van der Waals surface area contributed by atoms with Gasteiger partial charge in [-0.15, -0.1) is 0 Å². The first-order valence-corrected chi connectivity index (χ1v) is 11.1. The van der Waals surface area contributed by atoms with E-state index in [4.69, 9.17) is 0 Å². The van der Waals surface area contributed by atoms with Crippen LogP contribution < -0.4 is 10.9 Å². The van der Waals surface area contributed by atoms with E-state index in [2.05, 4.69) is 79.7 Å². The molecule has 0 saturated carbocycles. The molecule has 2 rings (SSSR count). The number of aryl methyl sites for hydroxylation is 6. The maximum Gasteiger partial charge on any atom is 0.0557 e. The van der Waals surface area contributed by atoms with Gasteiger partial charge in [0.15, 0.2) is 0 Å². The van der Waals surface area contributed by atoms with Crippen LogP contribution in [-0.4, -0.2) is 6.15 Å². The minimum Gasteiger partial charge on any atom is -0.199 e. The van der Waals surface area contributed by atoms with Gasteiger partial charge in [-0.2, -0.15) is 23.6 Å². The summed E-state index contributed by atoms with van der Waals surface area (Å²) in [6.45, 7) is 18.5. The van der Waals surface area contributed by atoms with Gasteiger partial charge in [0.25, 0.3) is 0 Å². The molecule has 0 aromatic heterocycles. The maximum atomic E-state index is 2.41. The van der Waals surface area contributed by atoms with Crippen LogP contribution in [0.15, 0.2) is 24.3 Å². The van der Waals surface area contributed by atoms with E-state index in [1.54, 1.807) is 10.9 Å². The lowest BCUT2D eigenvalue weighted by molar-refractivity contribution is 0.836. The normalized spacial score (nSPS) is 11.9. The Bertz CT molecular complexity index is 671. The van der Waals surface area contributed by atoms with Crippen LogP contribution >= 0.6 is 0 Å². The second-order valence-corrected chi connectivity index (χ2v) is 9.16. The smallest absolute Gasteiger partial charge is 0.0557 e. The highest BCUT2D eigenvalue weighted by Gasteiger charge is 2.31. The molecule has 0 bridgehead atoms. The molecule has 0 atom stereocenters. The molecule has 148 valence electrons. The van der Waals surface area contributed by atoms with Crippen LogP contribution in [0.25, 0.3) is 0 Å². The van der Waals surface area contributed by atoms with Crippen molar-refractivity contribution in [2.75, 3.05) is 0 Å². The second-order valence-electron chi connectivity index (χ2n) is 9.16. The zero-order valence-electron chi connectivity index (χ0n) is 19.1. The molecule has 0 fully saturated rings. The lowest BCUT2D eigenvalue weighted by atomic mass is 9.13. The molecule has 0 aliphatic heterocycles. The van der Waals surface area contributed by atoms with Gasteiger partial charge in [0.1, 0.15) is 0 Å². The second kappa shape index (κ2) is 9.13. The van der Waals surface area contributed by atoms with E-state index < -0.39 is 6.15 Å². The molecule has 1 heteroatoms. The molecular weight excluding hydrogens is 323 g/mol. The van der Waals surface area contributed by atoms with Crippen molar-refractivity contribution < 1.29 is 0 Å². The van der Waals surface area contributed by atoms with Crippen molar-refractivity contribution in [2.45, 2.75) is 93.7 Å². The zero-order valence-corrected chi connectivity index (χ0v) is 19.1. The number of benzene rings is 2. The van der Waals surface area contributed by atoms with E-state index in [0.29, 0.717) is 0 Å². The fraction of sp³-hybridized carbons (Fsp3) is 0.538. The largest absolute Gasteiger partial charge is 0.199 e. The highest BCUT2D eigenvalue weighted by atomic mass is 14.2. The average Bonchev–Trinajstić information content (AvgIpc) is 2.55. The van der Waals surface area contributed by atoms with E-state index in [0.717, 1.165) is 0 Å². The number of hydrogen-bond donors (Lipinski definition) is 0. The van der Waals surface area contributed by atoms with Crippen molar-refractivity contribution in [1.29, 1.82) is 0 Å². The van der Waals surface area contributed by atoms with Crippen LogP contribution in [0.1, 0.15) is 72.9 Å². The third-order valence-corrected chi connectivity index (χ3v) is 6.68. The van der Waals surface area contributed by atoms with E-state index >= 15 is 0 Å². The van der Waals surface area contributed by atoms with Crippen LogP contribution in [0, 0.1) is 41.5 Å². The molecule has 0 N–H and O–H groups in total. The fourth-order valence-electron chi connectivity index (χ4n) is 6.10. The Labute approximate surface area is 168 Å². The van der Waals surface area contributed by atoms with Crippen molar-refractivity contribution in [3.05, 3.63) is 57.6 Å². The Morgan fingerprint density at radius 2 is 0.852 bits per heavy atom. The Hall–Kier alpha value is -1.50. The lowest BCUT2D eigenvalue weighted by Gasteiger charge is -2.47. The molecule has 0 radical (unpaired) electrons. The highest BCUT2D eigenvalue weighted by Crippen LogP contribution is 2.28. The van der Waals surface area contributed by atoms with Gasteiger partial charge >= 0.3 is 0 Å². The first-order chi connectivity index (χ1) is 12.8. The molecule has 0 unspecified atom stereocenters. The van der Waals surface area contributed by atoms with Gasteiger partial charge in [-0.05, 0) is 41.5 Å². The number of hydrogen-bond acceptors (Lipinski definition) is 0. The molecule has 0 nitrogen and oxygen atoms in total. The summed E-state index contributed by atoms with van der Waals surface area (Å²) in [5.41, 5.74) is 12.1. The van der Waals surface area contributed by atoms with Crippen molar-refractivity contribution in [3.8, 4) is 0 Å². The minimum atomic E-state index is -0.742. The van der Waals surface area contributed by atoms with Crippen molar-refractivity contribution >= 4 is 17.1 Å². The fourth-order valence-corrected chi connectivity index (χ4v) is 6.10. The molecule has 0 heterocycles. The predicted molar refractivity (Wildman–Crippen MR) is 126 cm³/mol. The van der Waals surface area contributed by atoms with Crippen LogP contribution in [0.5, 0.6) is 0 Å². The highest BCUT2D eigenvalue weighted by molar-refractivity contribution is 7.03. The summed E-state index contributed by atoms with van der Waals surface area (Å²) in [4.78, 5) is 0. The molecule has 0 aliphatic carbocycles. The molecular formula is C26H40B-. The summed E-state index contributed by atoms with van der Waals surface area (Å²) < 4.78 is 0. The molecule has 0 aliphatic rings. The summed E-state index contributed by atoms with van der Waals surface area (Å²) in [7, 11) is 0. The number of unbranched alkanes of at least 4 members (excludes halogenated alkanes) is 2. The van der Waals surface area contributed by atoms with Crippen molar-refractivity contribution in [2.24, 2.45) is 0 Å². The standard InChI is InChI=1S/C26H40B/c1-9-11-13-27(14-12-10-2,25-21(5)15-19(3)16-22(25)6)26-23(7)17-20(4)18-24(26)8/h15-18H,9-14H2,1-8H3/q-1. The predicted octanol–water partition coefficient (Wildman–Crippen LogP) is 6.70. The molecule has 0 saturated heterocycles. The Morgan fingerprint density at radius 3 is 1.11 bits per heavy atom. The molecule has 2 aromatic rings. The van der Waals surface area contributed by atoms with Crippen LogP contribution in [0.3, 0.4) is 0 Å². The van der Waals surface area contributed by atoms with Gasteiger partial charge < -0.3 is 0 Å². The van der Waals surface area contributed by atoms with E-state index in [1.165, 1.54) is 71.7 Å². The molecule has 2 aromatic carbocycles. The van der Waals surface area contributed by atoms with E-state index in [-0.39, 0.29) is 0 Å². The quantitative estimate of drug-likeness (QED) is 0.458. The van der Waals surface area contributed by atoms with Crippen molar-refractivity contribution in [1.82, 2.24) is 0 Å². The zero-order chi connectivity index (χ0) is 20.2. The summed E-state index contributed by atoms with van der Waals surface area (Å²) in [5, 5.41) is 0. The molecule has 0 spiro atoms. The monoisotopic (exact) mass is 363 g/mol. The topological polar surface area (TPSA) is 0 Å².